The van der Waals surface area contributed by atoms with E-state index in [4.69, 9.17) is 16.3 Å². The number of halogens is 1. The molecule has 0 unspecified atom stereocenters. The van der Waals surface area contributed by atoms with Crippen LogP contribution in [-0.4, -0.2) is 30.1 Å². The Balaban J connectivity index is 2.19. The summed E-state index contributed by atoms with van der Waals surface area (Å²) in [6, 6.07) is 14.5. The Bertz CT molecular complexity index is 837. The molecule has 6 nitrogen and oxygen atoms in total. The van der Waals surface area contributed by atoms with Gasteiger partial charge in [-0.2, -0.15) is 0 Å². The van der Waals surface area contributed by atoms with Gasteiger partial charge in [-0.05, 0) is 29.8 Å². The van der Waals surface area contributed by atoms with Crippen molar-refractivity contribution in [2.75, 3.05) is 12.0 Å². The van der Waals surface area contributed by atoms with Crippen LogP contribution in [0.5, 0.6) is 0 Å². The van der Waals surface area contributed by atoms with Gasteiger partial charge >= 0.3 is 11.9 Å². The highest BCUT2D eigenvalue weighted by atomic mass is 35.5. The van der Waals surface area contributed by atoms with E-state index in [9.17, 15) is 19.5 Å². The average Bonchev–Trinajstić information content (AvgIpc) is 2.95. The topological polar surface area (TPSA) is 83.9 Å². The van der Waals surface area contributed by atoms with Gasteiger partial charge in [0.25, 0.3) is 0 Å². The van der Waals surface area contributed by atoms with E-state index in [0.717, 1.165) is 0 Å². The van der Waals surface area contributed by atoms with Gasteiger partial charge in [0.2, 0.25) is 5.91 Å². The Hall–Kier alpha value is -2.86. The summed E-state index contributed by atoms with van der Waals surface area (Å²) in [5.41, 5.74) is 1.11. The normalized spacial score (nSPS) is 22.3. The van der Waals surface area contributed by atoms with Crippen molar-refractivity contribution < 1.29 is 24.2 Å². The molecule has 1 heterocycles. The van der Waals surface area contributed by atoms with Gasteiger partial charge in [0.15, 0.2) is 5.92 Å². The van der Waals surface area contributed by atoms with Crippen LogP contribution in [0, 0.1) is 11.8 Å². The van der Waals surface area contributed by atoms with E-state index in [1.54, 1.807) is 54.6 Å². The quantitative estimate of drug-likeness (QED) is 0.658. The van der Waals surface area contributed by atoms with Gasteiger partial charge in [-0.25, -0.2) is 0 Å². The van der Waals surface area contributed by atoms with Gasteiger partial charge in [0.05, 0.1) is 13.2 Å². The minimum absolute atomic E-state index is 0.494. The van der Waals surface area contributed by atoms with Gasteiger partial charge in [0, 0.05) is 10.7 Å². The van der Waals surface area contributed by atoms with E-state index in [1.165, 1.54) is 12.0 Å². The summed E-state index contributed by atoms with van der Waals surface area (Å²) >= 11 is 5.94. The molecule has 1 saturated heterocycles. The predicted octanol–water partition coefficient (Wildman–Crippen LogP) is 2.92. The number of anilines is 1. The number of hydrogen-bond acceptors (Lipinski definition) is 4. The summed E-state index contributed by atoms with van der Waals surface area (Å²) in [5, 5.41) is 10.1. The fourth-order valence-electron chi connectivity index (χ4n) is 3.34. The number of methoxy groups -OCH3 is 1. The van der Waals surface area contributed by atoms with Crippen molar-refractivity contribution in [3.05, 3.63) is 65.2 Å². The first-order valence-electron chi connectivity index (χ1n) is 7.90. The third-order valence-corrected chi connectivity index (χ3v) is 4.72. The number of carboxylic acid groups (broad SMARTS) is 1. The van der Waals surface area contributed by atoms with Gasteiger partial charge in [-0.15, -0.1) is 0 Å². The number of nitrogens with zero attached hydrogens (tertiary/aromatic N) is 1. The van der Waals surface area contributed by atoms with E-state index in [1.807, 2.05) is 0 Å². The number of para-hydroxylation sites is 1. The SMILES string of the molecule is COC(=O)[C@@H]1[C@@H](C(=O)O)C(=O)N(c2ccccc2)[C@H]1c1ccc(Cl)cc1. The maximum absolute atomic E-state index is 12.9. The number of hydrogen-bond donors (Lipinski definition) is 1. The van der Waals surface area contributed by atoms with Crippen molar-refractivity contribution in [2.24, 2.45) is 11.8 Å². The number of carbonyl (C=O) groups is 3. The maximum Gasteiger partial charge on any atom is 0.317 e. The number of carboxylic acids is 1. The van der Waals surface area contributed by atoms with Gasteiger partial charge in [-0.1, -0.05) is 41.9 Å². The van der Waals surface area contributed by atoms with E-state index in [-0.39, 0.29) is 0 Å². The molecule has 1 aliphatic rings. The molecule has 26 heavy (non-hydrogen) atoms. The highest BCUT2D eigenvalue weighted by Gasteiger charge is 2.56. The molecule has 1 fully saturated rings. The molecule has 0 saturated carbocycles. The fourth-order valence-corrected chi connectivity index (χ4v) is 3.46. The molecule has 1 N–H and O–H groups in total. The second kappa shape index (κ2) is 7.17. The molecule has 0 radical (unpaired) electrons. The van der Waals surface area contributed by atoms with Crippen LogP contribution in [0.1, 0.15) is 11.6 Å². The van der Waals surface area contributed by atoms with E-state index in [0.29, 0.717) is 16.3 Å². The zero-order valence-corrected chi connectivity index (χ0v) is 14.6. The Kier molecular flexibility index (Phi) is 4.95. The van der Waals surface area contributed by atoms with Crippen LogP contribution < -0.4 is 4.90 Å². The number of aliphatic carboxylic acids is 1. The molecule has 2 aromatic rings. The van der Waals surface area contributed by atoms with Crippen molar-refractivity contribution in [2.45, 2.75) is 6.04 Å². The number of ether oxygens (including phenoxy) is 1. The molecule has 0 aromatic heterocycles. The van der Waals surface area contributed by atoms with Crippen LogP contribution in [0.15, 0.2) is 54.6 Å². The number of benzene rings is 2. The standard InChI is InChI=1S/C19H16ClNO5/c1-26-19(25)14-15(18(23)24)17(22)21(13-5-3-2-4-6-13)16(14)11-7-9-12(20)10-8-11/h2-10,14-16H,1H3,(H,23,24)/t14-,15-,16+/m1/s1. The highest BCUT2D eigenvalue weighted by Crippen LogP contribution is 2.45. The summed E-state index contributed by atoms with van der Waals surface area (Å²) in [7, 11) is 1.18. The predicted molar refractivity (Wildman–Crippen MR) is 94.8 cm³/mol. The van der Waals surface area contributed by atoms with Gasteiger partial charge in [0.1, 0.15) is 5.92 Å². The third-order valence-electron chi connectivity index (χ3n) is 4.47. The zero-order chi connectivity index (χ0) is 18.8. The summed E-state index contributed by atoms with van der Waals surface area (Å²) in [5.74, 6) is -5.46. The minimum Gasteiger partial charge on any atom is -0.481 e. The van der Waals surface area contributed by atoms with E-state index < -0.39 is 35.7 Å². The Morgan fingerprint density at radius 3 is 2.23 bits per heavy atom. The number of carbonyl (C=O) groups excluding carboxylic acids is 2. The molecule has 0 bridgehead atoms. The molecule has 1 aliphatic heterocycles. The molecule has 1 amide bonds. The second-order valence-electron chi connectivity index (χ2n) is 5.91. The molecule has 7 heteroatoms. The third kappa shape index (κ3) is 3.04. The van der Waals surface area contributed by atoms with Crippen molar-refractivity contribution in [3.63, 3.8) is 0 Å². The summed E-state index contributed by atoms with van der Waals surface area (Å²) in [4.78, 5) is 38.5. The lowest BCUT2D eigenvalue weighted by Gasteiger charge is -2.27. The summed E-state index contributed by atoms with van der Waals surface area (Å²) in [6.07, 6.45) is 0. The first-order valence-corrected chi connectivity index (χ1v) is 8.27. The monoisotopic (exact) mass is 373 g/mol. The Morgan fingerprint density at radius 2 is 1.69 bits per heavy atom. The molecule has 3 atom stereocenters. The number of esters is 1. The lowest BCUT2D eigenvalue weighted by molar-refractivity contribution is -0.156. The lowest BCUT2D eigenvalue weighted by atomic mass is 9.86. The fraction of sp³-hybridized carbons (Fsp3) is 0.211. The Labute approximate surface area is 154 Å². The van der Waals surface area contributed by atoms with Crippen molar-refractivity contribution in [1.82, 2.24) is 0 Å². The first-order chi connectivity index (χ1) is 12.5. The largest absolute Gasteiger partial charge is 0.481 e. The second-order valence-corrected chi connectivity index (χ2v) is 6.34. The lowest BCUT2D eigenvalue weighted by Crippen LogP contribution is -2.32. The molecule has 0 spiro atoms. The van der Waals surface area contributed by atoms with Crippen LogP contribution in [0.4, 0.5) is 5.69 Å². The molecule has 3 rings (SSSR count). The molecular formula is C19H16ClNO5. The van der Waals surface area contributed by atoms with E-state index >= 15 is 0 Å². The summed E-state index contributed by atoms with van der Waals surface area (Å²) in [6.45, 7) is 0. The summed E-state index contributed by atoms with van der Waals surface area (Å²) < 4.78 is 4.82. The van der Waals surface area contributed by atoms with Crippen LogP contribution in [0.25, 0.3) is 0 Å². The molecular weight excluding hydrogens is 358 g/mol. The molecule has 0 aliphatic carbocycles. The van der Waals surface area contributed by atoms with Gasteiger partial charge in [-0.3, -0.25) is 14.4 Å². The first kappa shape index (κ1) is 17.9. The van der Waals surface area contributed by atoms with Crippen LogP contribution in [0.3, 0.4) is 0 Å². The number of rotatable bonds is 4. The van der Waals surface area contributed by atoms with Crippen LogP contribution in [-0.2, 0) is 19.1 Å². The number of amides is 1. The van der Waals surface area contributed by atoms with Crippen LogP contribution >= 0.6 is 11.6 Å². The Morgan fingerprint density at radius 1 is 1.08 bits per heavy atom. The average molecular weight is 374 g/mol. The van der Waals surface area contributed by atoms with Crippen molar-refractivity contribution in [3.8, 4) is 0 Å². The van der Waals surface area contributed by atoms with E-state index in [2.05, 4.69) is 0 Å². The minimum atomic E-state index is -1.52. The molecule has 2 aromatic carbocycles. The van der Waals surface area contributed by atoms with Crippen LogP contribution in [0.2, 0.25) is 5.02 Å². The van der Waals surface area contributed by atoms with Crippen molar-refractivity contribution in [1.29, 1.82) is 0 Å². The maximum atomic E-state index is 12.9. The highest BCUT2D eigenvalue weighted by molar-refractivity contribution is 6.30. The molecule has 134 valence electrons. The van der Waals surface area contributed by atoms with Crippen molar-refractivity contribution >= 4 is 35.1 Å². The van der Waals surface area contributed by atoms with Gasteiger partial charge < -0.3 is 14.7 Å². The zero-order valence-electron chi connectivity index (χ0n) is 13.8. The smallest absolute Gasteiger partial charge is 0.317 e.